The molecule has 106 valence electrons. The zero-order chi connectivity index (χ0) is 13.5. The van der Waals surface area contributed by atoms with Gasteiger partial charge in [0.25, 0.3) is 0 Å². The second-order valence-corrected chi connectivity index (χ2v) is 4.89. The smallest absolute Gasteiger partial charge is 0.119 e. The molecule has 4 nitrogen and oxygen atoms in total. The van der Waals surface area contributed by atoms with E-state index < -0.39 is 6.10 Å². The molecule has 0 radical (unpaired) electrons. The third kappa shape index (κ3) is 4.49. The van der Waals surface area contributed by atoms with Crippen molar-refractivity contribution in [3.63, 3.8) is 0 Å². The first-order valence-electron chi connectivity index (χ1n) is 6.77. The number of hydrogen-bond acceptors (Lipinski definition) is 4. The molecule has 1 heterocycles. The van der Waals surface area contributed by atoms with Crippen molar-refractivity contribution in [3.8, 4) is 5.75 Å². The second-order valence-electron chi connectivity index (χ2n) is 4.89. The number of benzene rings is 1. The molecule has 0 aliphatic carbocycles. The average Bonchev–Trinajstić information content (AvgIpc) is 2.48. The highest BCUT2D eigenvalue weighted by molar-refractivity contribution is 5.29. The monoisotopic (exact) mass is 266 g/mol. The highest BCUT2D eigenvalue weighted by Crippen LogP contribution is 2.20. The molecule has 1 aromatic rings. The standard InChI is InChI=1S/C15H22O4/c1-17-14-4-2-3-13(9-14)15(16)11-19-10-12-5-7-18-8-6-12/h2-4,9,12,15-16H,5-8,10-11H2,1H3. The molecule has 0 bridgehead atoms. The SMILES string of the molecule is COc1cccc(C(O)COCC2CCOCC2)c1. The first-order valence-corrected chi connectivity index (χ1v) is 6.77. The van der Waals surface area contributed by atoms with Gasteiger partial charge in [-0.25, -0.2) is 0 Å². The van der Waals surface area contributed by atoms with E-state index >= 15 is 0 Å². The van der Waals surface area contributed by atoms with Gasteiger partial charge >= 0.3 is 0 Å². The molecule has 0 amide bonds. The van der Waals surface area contributed by atoms with Crippen LogP contribution in [0.25, 0.3) is 0 Å². The molecular weight excluding hydrogens is 244 g/mol. The van der Waals surface area contributed by atoms with E-state index in [2.05, 4.69) is 0 Å². The van der Waals surface area contributed by atoms with Crippen LogP contribution in [0.4, 0.5) is 0 Å². The van der Waals surface area contributed by atoms with Crippen LogP contribution in [0.15, 0.2) is 24.3 Å². The Morgan fingerprint density at radius 1 is 1.37 bits per heavy atom. The molecule has 4 heteroatoms. The fourth-order valence-corrected chi connectivity index (χ4v) is 2.20. The Bertz CT molecular complexity index is 374. The summed E-state index contributed by atoms with van der Waals surface area (Å²) < 4.78 is 16.1. The highest BCUT2D eigenvalue weighted by Gasteiger charge is 2.15. The van der Waals surface area contributed by atoms with Crippen LogP contribution in [-0.4, -0.2) is 38.6 Å². The minimum absolute atomic E-state index is 0.324. The molecule has 1 aliphatic rings. The summed E-state index contributed by atoms with van der Waals surface area (Å²) in [5, 5.41) is 10.1. The molecule has 1 atom stereocenters. The van der Waals surface area contributed by atoms with E-state index in [1.807, 2.05) is 24.3 Å². The Kier molecular flexibility index (Phi) is 5.63. The predicted molar refractivity (Wildman–Crippen MR) is 72.3 cm³/mol. The van der Waals surface area contributed by atoms with Crippen LogP contribution >= 0.6 is 0 Å². The lowest BCUT2D eigenvalue weighted by Crippen LogP contribution is -2.21. The Hall–Kier alpha value is -1.10. The van der Waals surface area contributed by atoms with E-state index in [1.54, 1.807) is 7.11 Å². The summed E-state index contributed by atoms with van der Waals surface area (Å²) in [5.74, 6) is 1.31. The van der Waals surface area contributed by atoms with E-state index in [1.165, 1.54) is 0 Å². The van der Waals surface area contributed by atoms with Gasteiger partial charge in [-0.05, 0) is 36.5 Å². The van der Waals surface area contributed by atoms with Crippen molar-refractivity contribution < 1.29 is 19.3 Å². The summed E-state index contributed by atoms with van der Waals surface area (Å²) in [6.45, 7) is 2.67. The maximum Gasteiger partial charge on any atom is 0.119 e. The van der Waals surface area contributed by atoms with Crippen molar-refractivity contribution in [1.82, 2.24) is 0 Å². The summed E-state index contributed by atoms with van der Waals surface area (Å²) >= 11 is 0. The molecule has 0 saturated carbocycles. The van der Waals surface area contributed by atoms with E-state index in [-0.39, 0.29) is 0 Å². The van der Waals surface area contributed by atoms with Gasteiger partial charge in [0.1, 0.15) is 11.9 Å². The van der Waals surface area contributed by atoms with Crippen LogP contribution in [-0.2, 0) is 9.47 Å². The summed E-state index contributed by atoms with van der Waals surface area (Å²) in [4.78, 5) is 0. The largest absolute Gasteiger partial charge is 0.497 e. The molecule has 19 heavy (non-hydrogen) atoms. The van der Waals surface area contributed by atoms with Gasteiger partial charge in [0.15, 0.2) is 0 Å². The second kappa shape index (κ2) is 7.48. The number of hydrogen-bond donors (Lipinski definition) is 1. The van der Waals surface area contributed by atoms with Gasteiger partial charge in [-0.15, -0.1) is 0 Å². The number of ether oxygens (including phenoxy) is 3. The lowest BCUT2D eigenvalue weighted by molar-refractivity contribution is -0.00969. The van der Waals surface area contributed by atoms with Gasteiger partial charge in [0.2, 0.25) is 0 Å². The fraction of sp³-hybridized carbons (Fsp3) is 0.600. The fourth-order valence-electron chi connectivity index (χ4n) is 2.20. The Labute approximate surface area is 114 Å². The van der Waals surface area contributed by atoms with Crippen LogP contribution in [0.3, 0.4) is 0 Å². The van der Waals surface area contributed by atoms with Gasteiger partial charge < -0.3 is 19.3 Å². The van der Waals surface area contributed by atoms with E-state index in [0.717, 1.165) is 37.4 Å². The van der Waals surface area contributed by atoms with Gasteiger partial charge in [-0.2, -0.15) is 0 Å². The van der Waals surface area contributed by atoms with Gasteiger partial charge in [-0.1, -0.05) is 12.1 Å². The normalized spacial score (nSPS) is 18.2. The van der Waals surface area contributed by atoms with Crippen LogP contribution < -0.4 is 4.74 Å². The van der Waals surface area contributed by atoms with Crippen molar-refractivity contribution in [2.75, 3.05) is 33.5 Å². The highest BCUT2D eigenvalue weighted by atomic mass is 16.5. The zero-order valence-corrected chi connectivity index (χ0v) is 11.4. The van der Waals surface area contributed by atoms with Crippen molar-refractivity contribution in [2.24, 2.45) is 5.92 Å². The van der Waals surface area contributed by atoms with Crippen LogP contribution in [0.2, 0.25) is 0 Å². The maximum absolute atomic E-state index is 10.1. The molecule has 1 aromatic carbocycles. The summed E-state index contributed by atoms with van der Waals surface area (Å²) in [7, 11) is 1.62. The molecule has 2 rings (SSSR count). The summed E-state index contributed by atoms with van der Waals surface area (Å²) in [5.41, 5.74) is 0.825. The number of rotatable bonds is 6. The van der Waals surface area contributed by atoms with E-state index in [0.29, 0.717) is 19.1 Å². The number of methoxy groups -OCH3 is 1. The average molecular weight is 266 g/mol. The quantitative estimate of drug-likeness (QED) is 0.857. The first-order chi connectivity index (χ1) is 9.29. The molecule has 1 fully saturated rings. The van der Waals surface area contributed by atoms with Crippen LogP contribution in [0.1, 0.15) is 24.5 Å². The molecule has 1 aliphatic heterocycles. The lowest BCUT2D eigenvalue weighted by Gasteiger charge is -2.22. The Morgan fingerprint density at radius 2 is 2.16 bits per heavy atom. The van der Waals surface area contributed by atoms with E-state index in [9.17, 15) is 5.11 Å². The lowest BCUT2D eigenvalue weighted by atomic mass is 10.0. The zero-order valence-electron chi connectivity index (χ0n) is 11.4. The van der Waals surface area contributed by atoms with Gasteiger partial charge in [0, 0.05) is 19.8 Å². The summed E-state index contributed by atoms with van der Waals surface area (Å²) in [6.07, 6.45) is 1.50. The molecule has 0 spiro atoms. The molecule has 1 unspecified atom stereocenters. The topological polar surface area (TPSA) is 47.9 Å². The minimum Gasteiger partial charge on any atom is -0.497 e. The van der Waals surface area contributed by atoms with Gasteiger partial charge in [-0.3, -0.25) is 0 Å². The van der Waals surface area contributed by atoms with Crippen molar-refractivity contribution in [1.29, 1.82) is 0 Å². The Morgan fingerprint density at radius 3 is 2.89 bits per heavy atom. The van der Waals surface area contributed by atoms with Crippen LogP contribution in [0, 0.1) is 5.92 Å². The third-order valence-corrected chi connectivity index (χ3v) is 3.45. The Balaban J connectivity index is 1.75. The predicted octanol–water partition coefficient (Wildman–Crippen LogP) is 2.17. The maximum atomic E-state index is 10.1. The van der Waals surface area contributed by atoms with Crippen LogP contribution in [0.5, 0.6) is 5.75 Å². The summed E-state index contributed by atoms with van der Waals surface area (Å²) in [6, 6.07) is 7.45. The molecule has 1 N–H and O–H groups in total. The molecule has 1 saturated heterocycles. The minimum atomic E-state index is -0.602. The van der Waals surface area contributed by atoms with Crippen molar-refractivity contribution in [2.45, 2.75) is 18.9 Å². The molecular formula is C15H22O4. The third-order valence-electron chi connectivity index (χ3n) is 3.45. The molecule has 0 aromatic heterocycles. The van der Waals surface area contributed by atoms with Gasteiger partial charge in [0.05, 0.1) is 13.7 Å². The van der Waals surface area contributed by atoms with Crippen molar-refractivity contribution >= 4 is 0 Å². The van der Waals surface area contributed by atoms with E-state index in [4.69, 9.17) is 14.2 Å². The first kappa shape index (κ1) is 14.3. The number of aliphatic hydroxyl groups is 1. The number of aliphatic hydroxyl groups excluding tert-OH is 1. The van der Waals surface area contributed by atoms with Crippen molar-refractivity contribution in [3.05, 3.63) is 29.8 Å².